The molecular weight excluding hydrogens is 194 g/mol. The topological polar surface area (TPSA) is 68.0 Å². The normalized spacial score (nSPS) is 10.1. The molecule has 0 spiro atoms. The highest BCUT2D eigenvalue weighted by Crippen LogP contribution is 2.06. The molecule has 0 unspecified atom stereocenters. The summed E-state index contributed by atoms with van der Waals surface area (Å²) in [6, 6.07) is 6.80. The predicted molar refractivity (Wildman–Crippen MR) is 52.5 cm³/mol. The first-order valence-electron chi connectivity index (χ1n) is 4.40. The Balaban J connectivity index is 2.22. The summed E-state index contributed by atoms with van der Waals surface area (Å²) in [6.07, 6.45) is 3.18. The Morgan fingerprint density at radius 1 is 1.33 bits per heavy atom. The number of carboxylic acids is 1. The number of aromatic carboxylic acids is 1. The fraction of sp³-hybridized carbons (Fsp3) is 0.100. The highest BCUT2D eigenvalue weighted by molar-refractivity contribution is 5.87. The van der Waals surface area contributed by atoms with Crippen LogP contribution in [0.3, 0.4) is 0 Å². The van der Waals surface area contributed by atoms with Crippen molar-refractivity contribution in [2.75, 3.05) is 0 Å². The second kappa shape index (κ2) is 3.91. The first-order valence-corrected chi connectivity index (χ1v) is 4.40. The monoisotopic (exact) mass is 203 g/mol. The van der Waals surface area contributed by atoms with Crippen LogP contribution in [0.2, 0.25) is 0 Å². The largest absolute Gasteiger partial charge is 0.478 e. The molecular formula is C10H9N3O2. The number of carbonyl (C=O) groups is 1. The second-order valence-electron chi connectivity index (χ2n) is 3.14. The SMILES string of the molecule is O=C(O)c1cccc(Cn2cnnc2)c1. The summed E-state index contributed by atoms with van der Waals surface area (Å²) in [5, 5.41) is 16.1. The van der Waals surface area contributed by atoms with Crippen LogP contribution in [0.25, 0.3) is 0 Å². The summed E-state index contributed by atoms with van der Waals surface area (Å²) in [6.45, 7) is 0.577. The smallest absolute Gasteiger partial charge is 0.335 e. The zero-order valence-electron chi connectivity index (χ0n) is 7.87. The van der Waals surface area contributed by atoms with E-state index >= 15 is 0 Å². The van der Waals surface area contributed by atoms with Gasteiger partial charge in [-0.3, -0.25) is 0 Å². The van der Waals surface area contributed by atoms with Crippen molar-refractivity contribution in [3.8, 4) is 0 Å². The van der Waals surface area contributed by atoms with Gasteiger partial charge in [0, 0.05) is 0 Å². The first kappa shape index (κ1) is 9.39. The standard InChI is InChI=1S/C10H9N3O2/c14-10(15)9-3-1-2-8(4-9)5-13-6-11-12-7-13/h1-4,6-7H,5H2,(H,14,15). The van der Waals surface area contributed by atoms with E-state index in [1.54, 1.807) is 35.4 Å². The molecule has 1 aromatic carbocycles. The molecule has 1 N–H and O–H groups in total. The molecule has 0 saturated heterocycles. The van der Waals surface area contributed by atoms with Crippen molar-refractivity contribution in [3.05, 3.63) is 48.0 Å². The fourth-order valence-electron chi connectivity index (χ4n) is 1.32. The average Bonchev–Trinajstić information content (AvgIpc) is 2.71. The lowest BCUT2D eigenvalue weighted by Gasteiger charge is -2.02. The van der Waals surface area contributed by atoms with E-state index in [-0.39, 0.29) is 0 Å². The van der Waals surface area contributed by atoms with Crippen molar-refractivity contribution >= 4 is 5.97 Å². The minimum atomic E-state index is -0.916. The Bertz CT molecular complexity index is 465. The van der Waals surface area contributed by atoms with Crippen molar-refractivity contribution in [2.24, 2.45) is 0 Å². The Morgan fingerprint density at radius 3 is 2.73 bits per heavy atom. The van der Waals surface area contributed by atoms with Gasteiger partial charge in [0.1, 0.15) is 12.7 Å². The number of nitrogens with zero attached hydrogens (tertiary/aromatic N) is 3. The van der Waals surface area contributed by atoms with Crippen LogP contribution in [-0.2, 0) is 6.54 Å². The minimum Gasteiger partial charge on any atom is -0.478 e. The third-order valence-corrected chi connectivity index (χ3v) is 2.01. The maximum Gasteiger partial charge on any atom is 0.335 e. The number of aromatic nitrogens is 3. The molecule has 0 radical (unpaired) electrons. The van der Waals surface area contributed by atoms with E-state index in [0.29, 0.717) is 12.1 Å². The fourth-order valence-corrected chi connectivity index (χ4v) is 1.32. The molecule has 5 nitrogen and oxygen atoms in total. The van der Waals surface area contributed by atoms with Crippen LogP contribution in [0.4, 0.5) is 0 Å². The quantitative estimate of drug-likeness (QED) is 0.808. The van der Waals surface area contributed by atoms with Crippen molar-refractivity contribution in [1.82, 2.24) is 14.8 Å². The van der Waals surface area contributed by atoms with Gasteiger partial charge < -0.3 is 9.67 Å². The summed E-state index contributed by atoms with van der Waals surface area (Å²) in [5.74, 6) is -0.916. The molecule has 1 aromatic heterocycles. The van der Waals surface area contributed by atoms with Crippen molar-refractivity contribution in [2.45, 2.75) is 6.54 Å². The number of benzene rings is 1. The zero-order chi connectivity index (χ0) is 10.7. The van der Waals surface area contributed by atoms with Gasteiger partial charge in [-0.25, -0.2) is 4.79 Å². The number of carboxylic acid groups (broad SMARTS) is 1. The van der Waals surface area contributed by atoms with Crippen molar-refractivity contribution in [1.29, 1.82) is 0 Å². The Labute approximate surface area is 86.0 Å². The second-order valence-corrected chi connectivity index (χ2v) is 3.14. The predicted octanol–water partition coefficient (Wildman–Crippen LogP) is 1.02. The molecule has 15 heavy (non-hydrogen) atoms. The van der Waals surface area contributed by atoms with Gasteiger partial charge in [0.25, 0.3) is 0 Å². The van der Waals surface area contributed by atoms with Crippen LogP contribution >= 0.6 is 0 Å². The van der Waals surface area contributed by atoms with Crippen LogP contribution in [0.15, 0.2) is 36.9 Å². The van der Waals surface area contributed by atoms with Crippen LogP contribution in [0.5, 0.6) is 0 Å². The van der Waals surface area contributed by atoms with Crippen LogP contribution in [0.1, 0.15) is 15.9 Å². The zero-order valence-corrected chi connectivity index (χ0v) is 7.87. The third kappa shape index (κ3) is 2.19. The molecule has 76 valence electrons. The number of hydrogen-bond acceptors (Lipinski definition) is 3. The van der Waals surface area contributed by atoms with Gasteiger partial charge in [0.15, 0.2) is 0 Å². The lowest BCUT2D eigenvalue weighted by molar-refractivity contribution is 0.0697. The lowest BCUT2D eigenvalue weighted by Crippen LogP contribution is -2.00. The maximum absolute atomic E-state index is 10.7. The van der Waals surface area contributed by atoms with Crippen molar-refractivity contribution < 1.29 is 9.90 Å². The summed E-state index contributed by atoms with van der Waals surface area (Å²) in [7, 11) is 0. The highest BCUT2D eigenvalue weighted by atomic mass is 16.4. The highest BCUT2D eigenvalue weighted by Gasteiger charge is 2.03. The van der Waals surface area contributed by atoms with Crippen molar-refractivity contribution in [3.63, 3.8) is 0 Å². The molecule has 0 saturated carbocycles. The van der Waals surface area contributed by atoms with Gasteiger partial charge in [-0.2, -0.15) is 0 Å². The Hall–Kier alpha value is -2.17. The third-order valence-electron chi connectivity index (χ3n) is 2.01. The van der Waals surface area contributed by atoms with Gasteiger partial charge in [0.2, 0.25) is 0 Å². The van der Waals surface area contributed by atoms with E-state index in [1.165, 1.54) is 0 Å². The molecule has 0 fully saturated rings. The first-order chi connectivity index (χ1) is 7.25. The molecule has 5 heteroatoms. The van der Waals surface area contributed by atoms with Gasteiger partial charge in [-0.1, -0.05) is 12.1 Å². The van der Waals surface area contributed by atoms with Crippen LogP contribution in [0, 0.1) is 0 Å². The molecule has 0 amide bonds. The summed E-state index contributed by atoms with van der Waals surface area (Å²) in [5.41, 5.74) is 1.20. The van der Waals surface area contributed by atoms with E-state index in [4.69, 9.17) is 5.11 Å². The molecule has 2 aromatic rings. The molecule has 0 aliphatic carbocycles. The Morgan fingerprint density at radius 2 is 2.07 bits per heavy atom. The minimum absolute atomic E-state index is 0.292. The Kier molecular flexibility index (Phi) is 2.45. The molecule has 2 rings (SSSR count). The van der Waals surface area contributed by atoms with E-state index in [2.05, 4.69) is 10.2 Å². The van der Waals surface area contributed by atoms with Gasteiger partial charge in [-0.05, 0) is 17.7 Å². The van der Waals surface area contributed by atoms with E-state index in [0.717, 1.165) is 5.56 Å². The average molecular weight is 203 g/mol. The molecule has 1 heterocycles. The maximum atomic E-state index is 10.7. The van der Waals surface area contributed by atoms with E-state index in [9.17, 15) is 4.79 Å². The molecule has 0 bridgehead atoms. The van der Waals surface area contributed by atoms with Crippen LogP contribution < -0.4 is 0 Å². The van der Waals surface area contributed by atoms with Crippen LogP contribution in [-0.4, -0.2) is 25.8 Å². The van der Waals surface area contributed by atoms with E-state index in [1.807, 2.05) is 6.07 Å². The summed E-state index contributed by atoms with van der Waals surface area (Å²) in [4.78, 5) is 10.7. The number of hydrogen-bond donors (Lipinski definition) is 1. The van der Waals surface area contributed by atoms with Gasteiger partial charge >= 0.3 is 5.97 Å². The van der Waals surface area contributed by atoms with E-state index < -0.39 is 5.97 Å². The molecule has 0 atom stereocenters. The molecule has 0 aliphatic rings. The summed E-state index contributed by atoms with van der Waals surface area (Å²) < 4.78 is 1.78. The van der Waals surface area contributed by atoms with Gasteiger partial charge in [-0.15, -0.1) is 10.2 Å². The lowest BCUT2D eigenvalue weighted by atomic mass is 10.1. The van der Waals surface area contributed by atoms with Gasteiger partial charge in [0.05, 0.1) is 12.1 Å². The summed E-state index contributed by atoms with van der Waals surface area (Å²) >= 11 is 0. The molecule has 0 aliphatic heterocycles. The number of rotatable bonds is 3.